The van der Waals surface area contributed by atoms with E-state index < -0.39 is 4.92 Å². The van der Waals surface area contributed by atoms with Crippen LogP contribution in [0.1, 0.15) is 13.8 Å². The molecule has 0 aliphatic carbocycles. The Morgan fingerprint density at radius 2 is 2.29 bits per heavy atom. The van der Waals surface area contributed by atoms with Gasteiger partial charge in [-0.2, -0.15) is 0 Å². The molecular weight excluding hydrogens is 290 g/mol. The Kier molecular flexibility index (Phi) is 4.83. The zero-order valence-corrected chi connectivity index (χ0v) is 11.1. The molecule has 0 amide bonds. The lowest BCUT2D eigenvalue weighted by molar-refractivity contribution is -0.384. The lowest BCUT2D eigenvalue weighted by Crippen LogP contribution is -2.30. The highest BCUT2D eigenvalue weighted by molar-refractivity contribution is 9.10. The molecule has 2 N–H and O–H groups in total. The fourth-order valence-corrected chi connectivity index (χ4v) is 1.60. The van der Waals surface area contributed by atoms with Crippen molar-refractivity contribution in [3.05, 3.63) is 26.9 Å². The zero-order valence-electron chi connectivity index (χ0n) is 9.55. The van der Waals surface area contributed by atoms with Crippen molar-refractivity contribution in [2.75, 3.05) is 11.9 Å². The van der Waals surface area contributed by atoms with Gasteiger partial charge in [0.05, 0.1) is 17.6 Å². The minimum atomic E-state index is -0.505. The summed E-state index contributed by atoms with van der Waals surface area (Å²) in [6.07, 6.45) is 1.48. The van der Waals surface area contributed by atoms with E-state index >= 15 is 0 Å². The SMILES string of the molecule is CC(C)[C@@H](CO)Nc1ncc(Br)cc1[N+](=O)[O-]. The van der Waals surface area contributed by atoms with Crippen molar-refractivity contribution >= 4 is 27.4 Å². The molecule has 0 unspecified atom stereocenters. The molecule has 1 rings (SSSR count). The summed E-state index contributed by atoms with van der Waals surface area (Å²) >= 11 is 3.13. The topological polar surface area (TPSA) is 88.3 Å². The molecule has 17 heavy (non-hydrogen) atoms. The van der Waals surface area contributed by atoms with E-state index in [1.165, 1.54) is 12.3 Å². The smallest absolute Gasteiger partial charge is 0.312 e. The van der Waals surface area contributed by atoms with Crippen LogP contribution in [-0.2, 0) is 0 Å². The quantitative estimate of drug-likeness (QED) is 0.643. The van der Waals surface area contributed by atoms with Crippen molar-refractivity contribution in [2.24, 2.45) is 5.92 Å². The van der Waals surface area contributed by atoms with Gasteiger partial charge < -0.3 is 10.4 Å². The van der Waals surface area contributed by atoms with Crippen molar-refractivity contribution in [3.8, 4) is 0 Å². The Morgan fingerprint density at radius 3 is 2.76 bits per heavy atom. The average Bonchev–Trinajstić information content (AvgIpc) is 2.26. The van der Waals surface area contributed by atoms with Crippen molar-refractivity contribution in [1.29, 1.82) is 0 Å². The lowest BCUT2D eigenvalue weighted by Gasteiger charge is -2.20. The van der Waals surface area contributed by atoms with Gasteiger partial charge in [0.15, 0.2) is 0 Å². The number of rotatable bonds is 5. The lowest BCUT2D eigenvalue weighted by atomic mass is 10.1. The van der Waals surface area contributed by atoms with Gasteiger partial charge in [-0.15, -0.1) is 0 Å². The molecular formula is C10H14BrN3O3. The third kappa shape index (κ3) is 3.64. The standard InChI is InChI=1S/C10H14BrN3O3/c1-6(2)8(5-15)13-10-9(14(16)17)3-7(11)4-12-10/h3-4,6,8,15H,5H2,1-2H3,(H,12,13)/t8-/m1/s1. The van der Waals surface area contributed by atoms with Gasteiger partial charge >= 0.3 is 5.69 Å². The van der Waals surface area contributed by atoms with E-state index in [0.29, 0.717) is 4.47 Å². The summed E-state index contributed by atoms with van der Waals surface area (Å²) in [5, 5.41) is 22.9. The maximum atomic E-state index is 10.9. The molecule has 6 nitrogen and oxygen atoms in total. The molecule has 0 saturated heterocycles. The van der Waals surface area contributed by atoms with E-state index in [2.05, 4.69) is 26.2 Å². The minimum absolute atomic E-state index is 0.105. The Labute approximate surface area is 107 Å². The molecule has 0 aromatic carbocycles. The molecule has 1 aromatic rings. The first-order valence-electron chi connectivity index (χ1n) is 5.13. The molecule has 7 heteroatoms. The molecule has 0 aliphatic heterocycles. The van der Waals surface area contributed by atoms with E-state index in [-0.39, 0.29) is 30.1 Å². The monoisotopic (exact) mass is 303 g/mol. The van der Waals surface area contributed by atoms with E-state index in [0.717, 1.165) is 0 Å². The Bertz CT molecular complexity index is 412. The second kappa shape index (κ2) is 5.92. The van der Waals surface area contributed by atoms with Gasteiger partial charge in [-0.25, -0.2) is 4.98 Å². The molecule has 1 atom stereocenters. The van der Waals surface area contributed by atoms with E-state index in [1.54, 1.807) is 0 Å². The van der Waals surface area contributed by atoms with E-state index in [4.69, 9.17) is 0 Å². The van der Waals surface area contributed by atoms with Gasteiger partial charge in [0.25, 0.3) is 0 Å². The van der Waals surface area contributed by atoms with Crippen LogP contribution >= 0.6 is 15.9 Å². The van der Waals surface area contributed by atoms with E-state index in [1.807, 2.05) is 13.8 Å². The molecule has 0 bridgehead atoms. The first-order valence-corrected chi connectivity index (χ1v) is 5.92. The number of aliphatic hydroxyl groups is 1. The Hall–Kier alpha value is -1.21. The van der Waals surface area contributed by atoms with Crippen molar-refractivity contribution < 1.29 is 10.0 Å². The maximum Gasteiger partial charge on any atom is 0.312 e. The van der Waals surface area contributed by atoms with Gasteiger partial charge in [0.1, 0.15) is 0 Å². The summed E-state index contributed by atoms with van der Waals surface area (Å²) in [4.78, 5) is 14.3. The molecule has 1 heterocycles. The predicted molar refractivity (Wildman–Crippen MR) is 67.9 cm³/mol. The number of aromatic nitrogens is 1. The van der Waals surface area contributed by atoms with Gasteiger partial charge in [-0.05, 0) is 21.8 Å². The number of halogens is 1. The summed E-state index contributed by atoms with van der Waals surface area (Å²) in [5.74, 6) is 0.316. The van der Waals surface area contributed by atoms with Gasteiger partial charge in [-0.1, -0.05) is 13.8 Å². The third-order valence-corrected chi connectivity index (χ3v) is 2.79. The Balaban J connectivity index is 3.01. The predicted octanol–water partition coefficient (Wildman–Crippen LogP) is 2.18. The summed E-state index contributed by atoms with van der Waals surface area (Å²) in [6, 6.07) is 1.12. The molecule has 0 saturated carbocycles. The van der Waals surface area contributed by atoms with Crippen molar-refractivity contribution in [3.63, 3.8) is 0 Å². The fourth-order valence-electron chi connectivity index (χ4n) is 1.28. The summed E-state index contributed by atoms with van der Waals surface area (Å²) < 4.78 is 0.542. The van der Waals surface area contributed by atoms with Crippen LogP contribution < -0.4 is 5.32 Å². The largest absolute Gasteiger partial charge is 0.394 e. The van der Waals surface area contributed by atoms with Crippen LogP contribution in [0.3, 0.4) is 0 Å². The van der Waals surface area contributed by atoms with Crippen LogP contribution in [0.25, 0.3) is 0 Å². The molecule has 0 fully saturated rings. The van der Waals surface area contributed by atoms with Crippen LogP contribution in [0.15, 0.2) is 16.7 Å². The summed E-state index contributed by atoms with van der Waals surface area (Å²) in [5.41, 5.74) is -0.113. The van der Waals surface area contributed by atoms with Crippen molar-refractivity contribution in [1.82, 2.24) is 4.98 Å². The number of hydrogen-bond acceptors (Lipinski definition) is 5. The highest BCUT2D eigenvalue weighted by Gasteiger charge is 2.20. The van der Waals surface area contributed by atoms with E-state index in [9.17, 15) is 15.2 Å². The maximum absolute atomic E-state index is 10.9. The van der Waals surface area contributed by atoms with Gasteiger partial charge in [0.2, 0.25) is 5.82 Å². The highest BCUT2D eigenvalue weighted by Crippen LogP contribution is 2.26. The number of aliphatic hydroxyl groups excluding tert-OH is 1. The Morgan fingerprint density at radius 1 is 1.65 bits per heavy atom. The van der Waals surface area contributed by atoms with Crippen molar-refractivity contribution in [2.45, 2.75) is 19.9 Å². The second-order valence-electron chi connectivity index (χ2n) is 3.96. The molecule has 1 aromatic heterocycles. The number of pyridine rings is 1. The highest BCUT2D eigenvalue weighted by atomic mass is 79.9. The number of anilines is 1. The van der Waals surface area contributed by atoms with Crippen LogP contribution in [-0.4, -0.2) is 27.7 Å². The van der Waals surface area contributed by atoms with Crippen LogP contribution in [0.2, 0.25) is 0 Å². The average molecular weight is 304 g/mol. The molecule has 0 aliphatic rings. The van der Waals surface area contributed by atoms with Crippen LogP contribution in [0.5, 0.6) is 0 Å². The van der Waals surface area contributed by atoms with Crippen LogP contribution in [0.4, 0.5) is 11.5 Å². The molecule has 0 radical (unpaired) electrons. The zero-order chi connectivity index (χ0) is 13.0. The number of nitrogens with one attached hydrogen (secondary N) is 1. The van der Waals surface area contributed by atoms with Crippen LogP contribution in [0, 0.1) is 16.0 Å². The summed E-state index contributed by atoms with van der Waals surface area (Å²) in [6.45, 7) is 3.73. The molecule has 94 valence electrons. The number of nitrogens with zero attached hydrogens (tertiary/aromatic N) is 2. The number of hydrogen-bond donors (Lipinski definition) is 2. The third-order valence-electron chi connectivity index (χ3n) is 2.35. The first kappa shape index (κ1) is 13.9. The number of nitro groups is 1. The summed E-state index contributed by atoms with van der Waals surface area (Å²) in [7, 11) is 0. The first-order chi connectivity index (χ1) is 7.95. The van der Waals surface area contributed by atoms with Gasteiger partial charge in [0, 0.05) is 16.7 Å². The van der Waals surface area contributed by atoms with Gasteiger partial charge in [-0.3, -0.25) is 10.1 Å². The second-order valence-corrected chi connectivity index (χ2v) is 4.87. The molecule has 0 spiro atoms. The normalized spacial score (nSPS) is 12.5. The minimum Gasteiger partial charge on any atom is -0.394 e. The fraction of sp³-hybridized carbons (Fsp3) is 0.500.